The molecule has 3 rings (SSSR count). The first-order valence-electron chi connectivity index (χ1n) is 8.23. The minimum absolute atomic E-state index is 0.0751. The van der Waals surface area contributed by atoms with E-state index < -0.39 is 12.0 Å². The van der Waals surface area contributed by atoms with Gasteiger partial charge in [0.15, 0.2) is 6.04 Å². The minimum atomic E-state index is -1.00. The van der Waals surface area contributed by atoms with Gasteiger partial charge >= 0.3 is 5.97 Å². The topological polar surface area (TPSA) is 66.8 Å². The monoisotopic (exact) mass is 327 g/mol. The zero-order valence-corrected chi connectivity index (χ0v) is 13.5. The van der Waals surface area contributed by atoms with Crippen LogP contribution in [-0.4, -0.2) is 47.7 Å². The number of carbonyl (C=O) groups is 2. The van der Waals surface area contributed by atoms with Crippen LogP contribution >= 0.6 is 0 Å². The molecule has 0 bridgehead atoms. The van der Waals surface area contributed by atoms with Gasteiger partial charge in [0.2, 0.25) is 5.91 Å². The highest BCUT2D eigenvalue weighted by Crippen LogP contribution is 2.18. The third kappa shape index (κ3) is 3.74. The average Bonchev–Trinajstić information content (AvgIpc) is 2.61. The molecule has 126 valence electrons. The van der Waals surface area contributed by atoms with Crippen molar-refractivity contribution < 1.29 is 19.4 Å². The number of aliphatic carboxylic acids is 1. The smallest absolute Gasteiger partial charge is 0.328 e. The van der Waals surface area contributed by atoms with Crippen molar-refractivity contribution in [2.45, 2.75) is 25.3 Å². The van der Waals surface area contributed by atoms with Crippen LogP contribution in [-0.2, 0) is 20.7 Å². The second kappa shape index (κ2) is 7.45. The third-order valence-electron chi connectivity index (χ3n) is 4.40. The number of carbonyl (C=O) groups excluding carboxylic acids is 1. The Labute approximate surface area is 140 Å². The van der Waals surface area contributed by atoms with Crippen molar-refractivity contribution in [2.75, 3.05) is 19.8 Å². The van der Waals surface area contributed by atoms with Gasteiger partial charge in [0.1, 0.15) is 0 Å². The van der Waals surface area contributed by atoms with E-state index in [9.17, 15) is 14.7 Å². The number of carboxylic acid groups (broad SMARTS) is 1. The molecule has 0 spiro atoms. The second-order valence-corrected chi connectivity index (χ2v) is 6.05. The highest BCUT2D eigenvalue weighted by atomic mass is 16.5. The summed E-state index contributed by atoms with van der Waals surface area (Å²) in [6, 6.07) is 13.7. The molecule has 1 unspecified atom stereocenters. The first-order valence-corrected chi connectivity index (χ1v) is 8.23. The summed E-state index contributed by atoms with van der Waals surface area (Å²) >= 11 is 0. The summed E-state index contributed by atoms with van der Waals surface area (Å²) in [5, 5.41) is 11.6. The summed E-state index contributed by atoms with van der Waals surface area (Å²) in [4.78, 5) is 25.0. The molecule has 0 aromatic heterocycles. The van der Waals surface area contributed by atoms with Gasteiger partial charge in [-0.05, 0) is 29.2 Å². The lowest BCUT2D eigenvalue weighted by Crippen LogP contribution is -2.52. The summed E-state index contributed by atoms with van der Waals surface area (Å²) in [5.74, 6) is -1.11. The van der Waals surface area contributed by atoms with E-state index in [1.165, 1.54) is 21.2 Å². The van der Waals surface area contributed by atoms with E-state index in [2.05, 4.69) is 30.3 Å². The van der Waals surface area contributed by atoms with E-state index in [-0.39, 0.29) is 12.5 Å². The van der Waals surface area contributed by atoms with E-state index in [1.807, 2.05) is 12.1 Å². The van der Waals surface area contributed by atoms with Crippen LogP contribution in [0.25, 0.3) is 10.8 Å². The first kappa shape index (κ1) is 16.5. The van der Waals surface area contributed by atoms with Crippen molar-refractivity contribution in [3.05, 3.63) is 48.0 Å². The second-order valence-electron chi connectivity index (χ2n) is 6.05. The number of carboxylic acids is 1. The predicted octanol–water partition coefficient (Wildman–Crippen LogP) is 2.47. The van der Waals surface area contributed by atoms with Crippen LogP contribution in [0.4, 0.5) is 0 Å². The highest BCUT2D eigenvalue weighted by Gasteiger charge is 2.32. The van der Waals surface area contributed by atoms with Gasteiger partial charge in [0.05, 0.1) is 13.2 Å². The number of hydrogen-bond acceptors (Lipinski definition) is 3. The molecule has 1 aliphatic heterocycles. The molecule has 1 fully saturated rings. The van der Waals surface area contributed by atoms with Crippen LogP contribution in [0.5, 0.6) is 0 Å². The van der Waals surface area contributed by atoms with Gasteiger partial charge < -0.3 is 14.7 Å². The number of ether oxygens (including phenoxy) is 1. The number of nitrogens with zero attached hydrogens (tertiary/aromatic N) is 1. The minimum Gasteiger partial charge on any atom is -0.480 e. The van der Waals surface area contributed by atoms with E-state index in [0.29, 0.717) is 26.0 Å². The number of morpholine rings is 1. The van der Waals surface area contributed by atoms with E-state index in [1.54, 1.807) is 0 Å². The molecule has 1 N–H and O–H groups in total. The molecule has 0 saturated carbocycles. The molecule has 5 heteroatoms. The number of fused-ring (bicyclic) bond motifs is 1. The Morgan fingerprint density at radius 2 is 1.96 bits per heavy atom. The fourth-order valence-electron chi connectivity index (χ4n) is 3.09. The van der Waals surface area contributed by atoms with Crippen LogP contribution < -0.4 is 0 Å². The fourth-order valence-corrected chi connectivity index (χ4v) is 3.09. The van der Waals surface area contributed by atoms with Crippen molar-refractivity contribution in [3.8, 4) is 0 Å². The molecule has 1 aliphatic rings. The summed E-state index contributed by atoms with van der Waals surface area (Å²) in [7, 11) is 0. The Balaban J connectivity index is 1.56. The molecule has 2 aromatic carbocycles. The van der Waals surface area contributed by atoms with Gasteiger partial charge in [-0.1, -0.05) is 42.5 Å². The van der Waals surface area contributed by atoms with Gasteiger partial charge in [-0.2, -0.15) is 0 Å². The summed E-state index contributed by atoms with van der Waals surface area (Å²) in [6.45, 7) is 0.831. The largest absolute Gasteiger partial charge is 0.480 e. The van der Waals surface area contributed by atoms with Crippen molar-refractivity contribution in [3.63, 3.8) is 0 Å². The van der Waals surface area contributed by atoms with E-state index in [4.69, 9.17) is 4.74 Å². The van der Waals surface area contributed by atoms with E-state index >= 15 is 0 Å². The fraction of sp³-hybridized carbons (Fsp3) is 0.368. The number of rotatable bonds is 5. The lowest BCUT2D eigenvalue weighted by molar-refractivity contribution is -0.158. The molecule has 0 radical (unpaired) electrons. The average molecular weight is 327 g/mol. The summed E-state index contributed by atoms with van der Waals surface area (Å²) in [6.07, 6.45) is 1.87. The van der Waals surface area contributed by atoms with Crippen molar-refractivity contribution in [1.82, 2.24) is 4.90 Å². The lowest BCUT2D eigenvalue weighted by Gasteiger charge is -2.32. The Bertz CT molecular complexity index is 743. The Hall–Kier alpha value is -2.40. The van der Waals surface area contributed by atoms with Crippen molar-refractivity contribution in [1.29, 1.82) is 0 Å². The molecule has 2 aromatic rings. The zero-order valence-electron chi connectivity index (χ0n) is 13.5. The maximum Gasteiger partial charge on any atom is 0.328 e. The number of aryl methyl sites for hydroxylation is 1. The van der Waals surface area contributed by atoms with Crippen molar-refractivity contribution in [2.24, 2.45) is 0 Å². The molecule has 0 aliphatic carbocycles. The molecular formula is C19H21NO4. The molecule has 5 nitrogen and oxygen atoms in total. The molecule has 1 amide bonds. The Kier molecular flexibility index (Phi) is 5.11. The quantitative estimate of drug-likeness (QED) is 0.916. The molecule has 1 atom stereocenters. The third-order valence-corrected chi connectivity index (χ3v) is 4.40. The zero-order chi connectivity index (χ0) is 16.9. The Morgan fingerprint density at radius 1 is 1.17 bits per heavy atom. The highest BCUT2D eigenvalue weighted by molar-refractivity contribution is 5.84. The lowest BCUT2D eigenvalue weighted by atomic mass is 10.0. The van der Waals surface area contributed by atoms with Crippen LogP contribution in [0.1, 0.15) is 18.4 Å². The maximum atomic E-state index is 12.3. The van der Waals surface area contributed by atoms with Gasteiger partial charge in [0, 0.05) is 13.0 Å². The molecule has 1 saturated heterocycles. The van der Waals surface area contributed by atoms with Crippen molar-refractivity contribution >= 4 is 22.6 Å². The van der Waals surface area contributed by atoms with Gasteiger partial charge in [-0.3, -0.25) is 4.79 Å². The first-order chi connectivity index (χ1) is 11.6. The summed E-state index contributed by atoms with van der Waals surface area (Å²) in [5.41, 5.74) is 1.19. The molecular weight excluding hydrogens is 306 g/mol. The normalized spacial score (nSPS) is 17.8. The van der Waals surface area contributed by atoms with E-state index in [0.717, 1.165) is 6.42 Å². The van der Waals surface area contributed by atoms with Crippen LogP contribution in [0.2, 0.25) is 0 Å². The standard InChI is InChI=1S/C19H21NO4/c21-18(20-10-11-24-13-17(20)19(22)23)7-3-4-14-8-9-15-5-1-2-6-16(15)12-14/h1-2,5-6,8-9,12,17H,3-4,7,10-11,13H2,(H,22,23). The molecule has 24 heavy (non-hydrogen) atoms. The van der Waals surface area contributed by atoms with Gasteiger partial charge in [0.25, 0.3) is 0 Å². The Morgan fingerprint density at radius 3 is 2.75 bits per heavy atom. The van der Waals surface area contributed by atoms with Crippen LogP contribution in [0.3, 0.4) is 0 Å². The number of amides is 1. The SMILES string of the molecule is O=C(O)C1COCCN1C(=O)CCCc1ccc2ccccc2c1. The number of benzene rings is 2. The maximum absolute atomic E-state index is 12.3. The van der Waals surface area contributed by atoms with Crippen LogP contribution in [0.15, 0.2) is 42.5 Å². The van der Waals surface area contributed by atoms with Gasteiger partial charge in [-0.15, -0.1) is 0 Å². The predicted molar refractivity (Wildman–Crippen MR) is 90.8 cm³/mol. The summed E-state index contributed by atoms with van der Waals surface area (Å²) < 4.78 is 5.16. The van der Waals surface area contributed by atoms with Crippen LogP contribution in [0, 0.1) is 0 Å². The number of hydrogen-bond donors (Lipinski definition) is 1. The molecule has 1 heterocycles. The van der Waals surface area contributed by atoms with Gasteiger partial charge in [-0.25, -0.2) is 4.79 Å².